The Morgan fingerprint density at radius 2 is 1.78 bits per heavy atom. The number of amides is 2. The first-order valence-corrected chi connectivity index (χ1v) is 11.7. The maximum absolute atomic E-state index is 13.4. The highest BCUT2D eigenvalue weighted by Crippen LogP contribution is 2.21. The molecular weight excluding hydrogens is 400 g/mol. The Morgan fingerprint density at radius 1 is 1.06 bits per heavy atom. The largest absolute Gasteiger partial charge is 0.483 e. The molecule has 1 saturated carbocycles. The third kappa shape index (κ3) is 6.12. The molecule has 5 nitrogen and oxygen atoms in total. The zero-order valence-corrected chi connectivity index (χ0v) is 19.8. The highest BCUT2D eigenvalue weighted by Gasteiger charge is 2.31. The van der Waals surface area contributed by atoms with Gasteiger partial charge in [-0.2, -0.15) is 0 Å². The third-order valence-corrected chi connectivity index (χ3v) is 6.37. The smallest absolute Gasteiger partial charge is 0.261 e. The summed E-state index contributed by atoms with van der Waals surface area (Å²) in [6, 6.07) is 13.6. The Morgan fingerprint density at radius 3 is 2.44 bits per heavy atom. The van der Waals surface area contributed by atoms with Crippen LogP contribution in [0.1, 0.15) is 61.3 Å². The Hall–Kier alpha value is -2.82. The van der Waals surface area contributed by atoms with Crippen LogP contribution in [0.15, 0.2) is 42.5 Å². The number of aryl methyl sites for hydroxylation is 3. The Kier molecular flexibility index (Phi) is 8.32. The maximum Gasteiger partial charge on any atom is 0.261 e. The first-order chi connectivity index (χ1) is 15.4. The lowest BCUT2D eigenvalue weighted by molar-refractivity contribution is -0.143. The molecule has 1 aliphatic rings. The van der Waals surface area contributed by atoms with Crippen molar-refractivity contribution in [1.82, 2.24) is 10.2 Å². The van der Waals surface area contributed by atoms with Crippen molar-refractivity contribution in [3.63, 3.8) is 0 Å². The Balaban J connectivity index is 1.78. The number of ether oxygens (including phenoxy) is 1. The van der Waals surface area contributed by atoms with E-state index in [1.165, 1.54) is 0 Å². The van der Waals surface area contributed by atoms with Gasteiger partial charge in [0.1, 0.15) is 11.8 Å². The van der Waals surface area contributed by atoms with Crippen molar-refractivity contribution in [1.29, 1.82) is 0 Å². The van der Waals surface area contributed by atoms with Gasteiger partial charge >= 0.3 is 0 Å². The molecular formula is C27H36N2O3. The number of carbonyl (C=O) groups excluding carboxylic acids is 2. The van der Waals surface area contributed by atoms with Crippen molar-refractivity contribution >= 4 is 11.8 Å². The maximum atomic E-state index is 13.4. The Bertz CT molecular complexity index is 934. The fourth-order valence-electron chi connectivity index (χ4n) is 4.44. The van der Waals surface area contributed by atoms with Gasteiger partial charge in [0.15, 0.2) is 6.61 Å². The average Bonchev–Trinajstić information content (AvgIpc) is 3.27. The van der Waals surface area contributed by atoms with Gasteiger partial charge in [-0.1, -0.05) is 61.7 Å². The van der Waals surface area contributed by atoms with Gasteiger partial charge in [-0.3, -0.25) is 9.59 Å². The van der Waals surface area contributed by atoms with Gasteiger partial charge in [0.05, 0.1) is 0 Å². The van der Waals surface area contributed by atoms with Gasteiger partial charge in [-0.25, -0.2) is 0 Å². The molecule has 0 aliphatic heterocycles. The van der Waals surface area contributed by atoms with E-state index in [4.69, 9.17) is 4.74 Å². The van der Waals surface area contributed by atoms with Gasteiger partial charge in [-0.05, 0) is 62.8 Å². The Labute approximate surface area is 192 Å². The molecule has 2 aromatic carbocycles. The van der Waals surface area contributed by atoms with E-state index in [2.05, 4.69) is 5.32 Å². The molecule has 32 heavy (non-hydrogen) atoms. The van der Waals surface area contributed by atoms with E-state index >= 15 is 0 Å². The minimum atomic E-state index is -0.523. The van der Waals surface area contributed by atoms with E-state index in [1.54, 1.807) is 4.90 Å². The van der Waals surface area contributed by atoms with Gasteiger partial charge in [-0.15, -0.1) is 0 Å². The second-order valence-electron chi connectivity index (χ2n) is 8.92. The summed E-state index contributed by atoms with van der Waals surface area (Å²) in [6.07, 6.45) is 4.89. The number of rotatable bonds is 9. The molecule has 0 saturated heterocycles. The lowest BCUT2D eigenvalue weighted by Gasteiger charge is -2.32. The molecule has 1 fully saturated rings. The summed E-state index contributed by atoms with van der Waals surface area (Å²) in [5, 5.41) is 3.18. The lowest BCUT2D eigenvalue weighted by atomic mass is 10.1. The van der Waals surface area contributed by atoms with E-state index in [0.29, 0.717) is 18.7 Å². The number of carbonyl (C=O) groups is 2. The second-order valence-corrected chi connectivity index (χ2v) is 8.92. The van der Waals surface area contributed by atoms with Gasteiger partial charge < -0.3 is 15.0 Å². The molecule has 2 aromatic rings. The van der Waals surface area contributed by atoms with E-state index in [9.17, 15) is 9.59 Å². The zero-order chi connectivity index (χ0) is 23.1. The van der Waals surface area contributed by atoms with Crippen LogP contribution in [-0.2, 0) is 16.1 Å². The van der Waals surface area contributed by atoms with Crippen LogP contribution >= 0.6 is 0 Å². The zero-order valence-electron chi connectivity index (χ0n) is 19.8. The molecule has 1 N–H and O–H groups in total. The fraction of sp³-hybridized carbons (Fsp3) is 0.481. The quantitative estimate of drug-likeness (QED) is 0.611. The molecule has 0 radical (unpaired) electrons. The van der Waals surface area contributed by atoms with Crippen molar-refractivity contribution in [2.24, 2.45) is 0 Å². The minimum Gasteiger partial charge on any atom is -0.483 e. The minimum absolute atomic E-state index is 0.0622. The molecule has 0 spiro atoms. The number of hydrogen-bond donors (Lipinski definition) is 1. The first kappa shape index (κ1) is 23.8. The van der Waals surface area contributed by atoms with Crippen LogP contribution in [0.4, 0.5) is 0 Å². The normalized spacial score (nSPS) is 14.8. The molecule has 1 atom stereocenters. The van der Waals surface area contributed by atoms with E-state index in [1.807, 2.05) is 70.2 Å². The second kappa shape index (κ2) is 11.2. The van der Waals surface area contributed by atoms with E-state index < -0.39 is 6.04 Å². The van der Waals surface area contributed by atoms with Crippen molar-refractivity contribution < 1.29 is 14.3 Å². The van der Waals surface area contributed by atoms with Gasteiger partial charge in [0, 0.05) is 12.6 Å². The van der Waals surface area contributed by atoms with Crippen LogP contribution < -0.4 is 10.1 Å². The van der Waals surface area contributed by atoms with Crippen molar-refractivity contribution in [3.05, 3.63) is 64.7 Å². The van der Waals surface area contributed by atoms with Crippen LogP contribution in [0.2, 0.25) is 0 Å². The molecule has 3 rings (SSSR count). The van der Waals surface area contributed by atoms with Crippen LogP contribution in [0, 0.1) is 20.8 Å². The highest BCUT2D eigenvalue weighted by atomic mass is 16.5. The standard InChI is InChI=1S/C27H36N2O3/c1-5-24(27(31)28-23-12-8-9-13-23)29(17-22-11-7-6-10-20(22)3)26(30)18-32-25-15-14-19(2)16-21(25)4/h6-7,10-11,14-16,23-24H,5,8-9,12-13,17-18H2,1-4H3,(H,28,31)/t24-/m1/s1. The molecule has 5 heteroatoms. The third-order valence-electron chi connectivity index (χ3n) is 6.37. The molecule has 0 unspecified atom stereocenters. The molecule has 2 amide bonds. The van der Waals surface area contributed by atoms with E-state index in [0.717, 1.165) is 47.9 Å². The predicted octanol–water partition coefficient (Wildman–Crippen LogP) is 4.86. The van der Waals surface area contributed by atoms with Crippen LogP contribution in [0.5, 0.6) is 5.75 Å². The van der Waals surface area contributed by atoms with Crippen molar-refractivity contribution in [2.45, 2.75) is 78.4 Å². The molecule has 1 aliphatic carbocycles. The summed E-state index contributed by atoms with van der Waals surface area (Å²) in [5.74, 6) is 0.456. The molecule has 0 aromatic heterocycles. The lowest BCUT2D eigenvalue weighted by Crippen LogP contribution is -2.52. The summed E-state index contributed by atoms with van der Waals surface area (Å²) in [5.41, 5.74) is 4.29. The number of benzene rings is 2. The summed E-state index contributed by atoms with van der Waals surface area (Å²) in [6.45, 7) is 8.29. The average molecular weight is 437 g/mol. The summed E-state index contributed by atoms with van der Waals surface area (Å²) in [4.78, 5) is 28.2. The highest BCUT2D eigenvalue weighted by molar-refractivity contribution is 5.88. The summed E-state index contributed by atoms with van der Waals surface area (Å²) < 4.78 is 5.89. The van der Waals surface area contributed by atoms with Crippen LogP contribution in [0.25, 0.3) is 0 Å². The monoisotopic (exact) mass is 436 g/mol. The number of nitrogens with one attached hydrogen (secondary N) is 1. The number of nitrogens with zero attached hydrogens (tertiary/aromatic N) is 1. The summed E-state index contributed by atoms with van der Waals surface area (Å²) in [7, 11) is 0. The fourth-order valence-corrected chi connectivity index (χ4v) is 4.44. The van der Waals surface area contributed by atoms with Crippen molar-refractivity contribution in [2.75, 3.05) is 6.61 Å². The van der Waals surface area contributed by atoms with Crippen LogP contribution in [0.3, 0.4) is 0 Å². The number of hydrogen-bond acceptors (Lipinski definition) is 3. The van der Waals surface area contributed by atoms with Crippen LogP contribution in [-0.4, -0.2) is 35.4 Å². The predicted molar refractivity (Wildman–Crippen MR) is 128 cm³/mol. The van der Waals surface area contributed by atoms with Crippen molar-refractivity contribution in [3.8, 4) is 5.75 Å². The SMILES string of the molecule is CC[C@H](C(=O)NC1CCCC1)N(Cc1ccccc1C)C(=O)COc1ccc(C)cc1C. The molecule has 0 heterocycles. The molecule has 172 valence electrons. The van der Waals surface area contributed by atoms with E-state index in [-0.39, 0.29) is 24.5 Å². The summed E-state index contributed by atoms with van der Waals surface area (Å²) >= 11 is 0. The topological polar surface area (TPSA) is 58.6 Å². The molecule has 0 bridgehead atoms. The van der Waals surface area contributed by atoms with Gasteiger partial charge in [0.2, 0.25) is 5.91 Å². The first-order valence-electron chi connectivity index (χ1n) is 11.7. The van der Waals surface area contributed by atoms with Gasteiger partial charge in [0.25, 0.3) is 5.91 Å².